The lowest BCUT2D eigenvalue weighted by Gasteiger charge is -2.21. The third-order valence-electron chi connectivity index (χ3n) is 3.10. The highest BCUT2D eigenvalue weighted by atomic mass is 35.5. The molecule has 1 aliphatic rings. The summed E-state index contributed by atoms with van der Waals surface area (Å²) in [4.78, 5) is 11.6. The highest BCUT2D eigenvalue weighted by molar-refractivity contribution is 7.99. The van der Waals surface area contributed by atoms with E-state index in [0.717, 1.165) is 5.75 Å². The Labute approximate surface area is 126 Å². The van der Waals surface area contributed by atoms with E-state index in [2.05, 4.69) is 10.6 Å². The van der Waals surface area contributed by atoms with Crippen LogP contribution in [0, 0.1) is 5.82 Å². The molecule has 3 N–H and O–H groups in total. The quantitative estimate of drug-likeness (QED) is 0.797. The number of thioether (sulfide) groups is 1. The second kappa shape index (κ2) is 6.65. The Balaban J connectivity index is 1.76. The Bertz CT molecular complexity index is 495. The summed E-state index contributed by atoms with van der Waals surface area (Å²) in [5, 5.41) is 15.4. The standard InChI is InChI=1S/C13H16ClFN2O2S/c14-10-5-9(1-2-11(10)15)6-16-12(18)17-7-13(19)3-4-20-8-13/h1-2,5,19H,3-4,6-8H2,(H2,16,17,18). The van der Waals surface area contributed by atoms with E-state index in [1.165, 1.54) is 12.1 Å². The molecule has 0 saturated carbocycles. The summed E-state index contributed by atoms with van der Waals surface area (Å²) in [6.07, 6.45) is 0.686. The first kappa shape index (κ1) is 15.4. The first-order valence-corrected chi connectivity index (χ1v) is 7.78. The minimum absolute atomic E-state index is 0.0296. The van der Waals surface area contributed by atoms with Crippen LogP contribution in [0.1, 0.15) is 12.0 Å². The maximum atomic E-state index is 13.0. The van der Waals surface area contributed by atoms with Gasteiger partial charge in [0.1, 0.15) is 5.82 Å². The van der Waals surface area contributed by atoms with Crippen molar-refractivity contribution in [3.05, 3.63) is 34.6 Å². The first-order chi connectivity index (χ1) is 9.48. The number of amides is 2. The molecule has 1 heterocycles. The summed E-state index contributed by atoms with van der Waals surface area (Å²) in [5.41, 5.74) is -0.0945. The van der Waals surface area contributed by atoms with Gasteiger partial charge in [0.15, 0.2) is 0 Å². The van der Waals surface area contributed by atoms with Crippen LogP contribution in [0.2, 0.25) is 5.02 Å². The molecule has 2 amide bonds. The van der Waals surface area contributed by atoms with Crippen LogP contribution in [0.25, 0.3) is 0 Å². The van der Waals surface area contributed by atoms with Crippen molar-refractivity contribution in [3.8, 4) is 0 Å². The molecule has 0 aromatic heterocycles. The number of carbonyl (C=O) groups excluding carboxylic acids is 1. The highest BCUT2D eigenvalue weighted by Gasteiger charge is 2.31. The van der Waals surface area contributed by atoms with E-state index in [-0.39, 0.29) is 24.1 Å². The van der Waals surface area contributed by atoms with E-state index in [4.69, 9.17) is 11.6 Å². The van der Waals surface area contributed by atoms with Crippen LogP contribution >= 0.6 is 23.4 Å². The van der Waals surface area contributed by atoms with E-state index in [0.29, 0.717) is 17.7 Å². The van der Waals surface area contributed by atoms with E-state index < -0.39 is 11.4 Å². The fraction of sp³-hybridized carbons (Fsp3) is 0.462. The van der Waals surface area contributed by atoms with Gasteiger partial charge < -0.3 is 15.7 Å². The molecule has 1 unspecified atom stereocenters. The Kier molecular flexibility index (Phi) is 5.12. The molecule has 1 aromatic carbocycles. The largest absolute Gasteiger partial charge is 0.387 e. The number of rotatable bonds is 4. The van der Waals surface area contributed by atoms with Gasteiger partial charge in [-0.3, -0.25) is 0 Å². The molecule has 4 nitrogen and oxygen atoms in total. The van der Waals surface area contributed by atoms with E-state index >= 15 is 0 Å². The van der Waals surface area contributed by atoms with Crippen molar-refractivity contribution in [2.24, 2.45) is 0 Å². The summed E-state index contributed by atoms with van der Waals surface area (Å²) < 4.78 is 13.0. The molecule has 0 spiro atoms. The molecule has 0 aliphatic carbocycles. The Morgan fingerprint density at radius 3 is 2.95 bits per heavy atom. The number of carbonyl (C=O) groups is 1. The van der Waals surface area contributed by atoms with Crippen LogP contribution < -0.4 is 10.6 Å². The van der Waals surface area contributed by atoms with Gasteiger partial charge in [0.25, 0.3) is 0 Å². The minimum Gasteiger partial charge on any atom is -0.387 e. The zero-order chi connectivity index (χ0) is 14.6. The normalized spacial score (nSPS) is 21.8. The van der Waals surface area contributed by atoms with Gasteiger partial charge in [0.2, 0.25) is 0 Å². The number of halogens is 2. The predicted octanol–water partition coefficient (Wildman–Crippen LogP) is 2.15. The molecule has 1 atom stereocenters. The molecule has 1 saturated heterocycles. The van der Waals surface area contributed by atoms with Crippen molar-refractivity contribution in [2.45, 2.75) is 18.6 Å². The number of hydrogen-bond acceptors (Lipinski definition) is 3. The van der Waals surface area contributed by atoms with Gasteiger partial charge >= 0.3 is 6.03 Å². The molecule has 0 bridgehead atoms. The van der Waals surface area contributed by atoms with Crippen LogP contribution in [-0.4, -0.2) is 34.8 Å². The molecule has 110 valence electrons. The van der Waals surface area contributed by atoms with Crippen molar-refractivity contribution in [1.82, 2.24) is 10.6 Å². The molecule has 20 heavy (non-hydrogen) atoms. The molecule has 1 fully saturated rings. The number of urea groups is 1. The molecule has 0 radical (unpaired) electrons. The van der Waals surface area contributed by atoms with E-state index in [9.17, 15) is 14.3 Å². The van der Waals surface area contributed by atoms with Crippen LogP contribution in [0.5, 0.6) is 0 Å². The van der Waals surface area contributed by atoms with Crippen LogP contribution in [0.15, 0.2) is 18.2 Å². The minimum atomic E-state index is -0.804. The average molecular weight is 319 g/mol. The van der Waals surface area contributed by atoms with Gasteiger partial charge in [-0.05, 0) is 29.9 Å². The number of hydrogen-bond donors (Lipinski definition) is 3. The highest BCUT2D eigenvalue weighted by Crippen LogP contribution is 2.26. The Morgan fingerprint density at radius 1 is 1.50 bits per heavy atom. The zero-order valence-corrected chi connectivity index (χ0v) is 12.4. The maximum absolute atomic E-state index is 13.0. The average Bonchev–Trinajstić information content (AvgIpc) is 2.85. The van der Waals surface area contributed by atoms with Crippen LogP contribution in [-0.2, 0) is 6.54 Å². The van der Waals surface area contributed by atoms with Crippen molar-refractivity contribution < 1.29 is 14.3 Å². The summed E-state index contributed by atoms with van der Waals surface area (Å²) in [6.45, 7) is 0.481. The van der Waals surface area contributed by atoms with Gasteiger partial charge in [-0.15, -0.1) is 0 Å². The zero-order valence-electron chi connectivity index (χ0n) is 10.8. The van der Waals surface area contributed by atoms with Crippen LogP contribution in [0.3, 0.4) is 0 Å². The lowest BCUT2D eigenvalue weighted by atomic mass is 10.0. The van der Waals surface area contributed by atoms with Crippen molar-refractivity contribution in [3.63, 3.8) is 0 Å². The third kappa shape index (κ3) is 4.26. The summed E-state index contributed by atoms with van der Waals surface area (Å²) in [6, 6.07) is 3.92. The Morgan fingerprint density at radius 2 is 2.30 bits per heavy atom. The van der Waals surface area contributed by atoms with Gasteiger partial charge in [0, 0.05) is 18.8 Å². The molecule has 2 rings (SSSR count). The molecule has 1 aliphatic heterocycles. The molecule has 1 aromatic rings. The summed E-state index contributed by atoms with van der Waals surface area (Å²) in [5.74, 6) is 1.06. The maximum Gasteiger partial charge on any atom is 0.315 e. The van der Waals surface area contributed by atoms with Crippen molar-refractivity contribution in [2.75, 3.05) is 18.1 Å². The number of nitrogens with one attached hydrogen (secondary N) is 2. The SMILES string of the molecule is O=C(NCc1ccc(F)c(Cl)c1)NCC1(O)CCSC1. The van der Waals surface area contributed by atoms with Crippen LogP contribution in [0.4, 0.5) is 9.18 Å². The third-order valence-corrected chi connectivity index (χ3v) is 4.62. The summed E-state index contributed by atoms with van der Waals surface area (Å²) >= 11 is 7.33. The van der Waals surface area contributed by atoms with Crippen molar-refractivity contribution in [1.29, 1.82) is 0 Å². The van der Waals surface area contributed by atoms with Gasteiger partial charge in [-0.1, -0.05) is 17.7 Å². The topological polar surface area (TPSA) is 61.4 Å². The second-order valence-corrected chi connectivity index (χ2v) is 6.32. The van der Waals surface area contributed by atoms with Gasteiger partial charge in [-0.25, -0.2) is 9.18 Å². The number of aliphatic hydroxyl groups is 1. The monoisotopic (exact) mass is 318 g/mol. The van der Waals surface area contributed by atoms with Crippen molar-refractivity contribution >= 4 is 29.4 Å². The Hall–Kier alpha value is -0.980. The fourth-order valence-electron chi connectivity index (χ4n) is 1.88. The van der Waals surface area contributed by atoms with Gasteiger partial charge in [0.05, 0.1) is 10.6 Å². The van der Waals surface area contributed by atoms with E-state index in [1.807, 2.05) is 0 Å². The second-order valence-electron chi connectivity index (χ2n) is 4.81. The summed E-state index contributed by atoms with van der Waals surface area (Å²) in [7, 11) is 0. The lowest BCUT2D eigenvalue weighted by Crippen LogP contribution is -2.46. The molecule has 7 heteroatoms. The fourth-order valence-corrected chi connectivity index (χ4v) is 3.37. The smallest absolute Gasteiger partial charge is 0.315 e. The lowest BCUT2D eigenvalue weighted by molar-refractivity contribution is 0.0700. The predicted molar refractivity (Wildman–Crippen MR) is 78.5 cm³/mol. The molecular weight excluding hydrogens is 303 g/mol. The van der Waals surface area contributed by atoms with Gasteiger partial charge in [-0.2, -0.15) is 11.8 Å². The van der Waals surface area contributed by atoms with E-state index in [1.54, 1.807) is 17.8 Å². The first-order valence-electron chi connectivity index (χ1n) is 6.24. The number of benzene rings is 1. The molecular formula is C13H16ClFN2O2S.